The van der Waals surface area contributed by atoms with Crippen LogP contribution in [-0.4, -0.2) is 45.1 Å². The Morgan fingerprint density at radius 3 is 2.81 bits per heavy atom. The number of sulfonamides is 1. The van der Waals surface area contributed by atoms with E-state index in [0.717, 1.165) is 5.56 Å². The molecule has 1 fully saturated rings. The molecule has 0 spiro atoms. The number of carbonyl (C=O) groups is 1. The van der Waals surface area contributed by atoms with E-state index >= 15 is 0 Å². The number of halogens is 1. The van der Waals surface area contributed by atoms with E-state index in [9.17, 15) is 13.2 Å². The summed E-state index contributed by atoms with van der Waals surface area (Å²) in [5, 5.41) is 3.15. The van der Waals surface area contributed by atoms with Crippen LogP contribution in [0, 0.1) is 5.92 Å². The summed E-state index contributed by atoms with van der Waals surface area (Å²) in [5.74, 6) is 1.17. The first-order chi connectivity index (χ1) is 15.4. The van der Waals surface area contributed by atoms with Gasteiger partial charge >= 0.3 is 0 Å². The second-order valence-electron chi connectivity index (χ2n) is 7.63. The van der Waals surface area contributed by atoms with Gasteiger partial charge in [-0.25, -0.2) is 8.42 Å². The van der Waals surface area contributed by atoms with Crippen LogP contribution in [0.2, 0.25) is 5.02 Å². The van der Waals surface area contributed by atoms with Crippen molar-refractivity contribution >= 4 is 27.5 Å². The van der Waals surface area contributed by atoms with E-state index in [1.54, 1.807) is 12.1 Å². The Morgan fingerprint density at radius 1 is 1.22 bits per heavy atom. The van der Waals surface area contributed by atoms with Gasteiger partial charge in [-0.15, -0.1) is 0 Å². The molecule has 2 aliphatic rings. The zero-order valence-corrected chi connectivity index (χ0v) is 19.2. The highest BCUT2D eigenvalue weighted by Gasteiger charge is 2.33. The van der Waals surface area contributed by atoms with Gasteiger partial charge in [0.25, 0.3) is 0 Å². The zero-order valence-electron chi connectivity index (χ0n) is 17.7. The molecule has 32 heavy (non-hydrogen) atoms. The minimum atomic E-state index is -3.77. The highest BCUT2D eigenvalue weighted by Crippen LogP contribution is 2.33. The smallest absolute Gasteiger partial charge is 0.243 e. The Bertz CT molecular complexity index is 1110. The minimum Gasteiger partial charge on any atom is -0.492 e. The molecule has 0 aromatic heterocycles. The average molecular weight is 481 g/mol. The summed E-state index contributed by atoms with van der Waals surface area (Å²) in [7, 11) is -3.77. The lowest BCUT2D eigenvalue weighted by atomic mass is 9.98. The van der Waals surface area contributed by atoms with Crippen molar-refractivity contribution < 1.29 is 27.4 Å². The number of hydrogen-bond donors (Lipinski definition) is 1. The third-order valence-corrected chi connectivity index (χ3v) is 7.66. The maximum atomic E-state index is 13.1. The third-order valence-electron chi connectivity index (χ3n) is 5.50. The normalized spacial score (nSPS) is 18.4. The van der Waals surface area contributed by atoms with Crippen molar-refractivity contribution in [1.82, 2.24) is 9.62 Å². The number of hydrogen-bond acceptors (Lipinski definition) is 6. The van der Waals surface area contributed by atoms with Crippen LogP contribution in [-0.2, 0) is 21.4 Å². The van der Waals surface area contributed by atoms with Crippen molar-refractivity contribution in [3.63, 3.8) is 0 Å². The van der Waals surface area contributed by atoms with Gasteiger partial charge in [-0.2, -0.15) is 4.31 Å². The second kappa shape index (κ2) is 9.56. The standard InChI is InChI=1S/C22H25ClN2O6S/c1-2-29-19-8-6-17(11-18(19)23)32(27,28)25-9-3-4-16(13-25)22(26)24-12-15-5-7-20-21(10-15)31-14-30-20/h5-8,10-11,16H,2-4,9,12-14H2,1H3,(H,24,26)/t16-/m0/s1. The summed E-state index contributed by atoms with van der Waals surface area (Å²) >= 11 is 6.18. The lowest BCUT2D eigenvalue weighted by Crippen LogP contribution is -2.45. The van der Waals surface area contributed by atoms with Crippen molar-refractivity contribution in [1.29, 1.82) is 0 Å². The molecule has 0 unspecified atom stereocenters. The van der Waals surface area contributed by atoms with E-state index in [0.29, 0.717) is 49.8 Å². The van der Waals surface area contributed by atoms with Gasteiger partial charge in [0.15, 0.2) is 11.5 Å². The summed E-state index contributed by atoms with van der Waals surface area (Å²) in [6.07, 6.45) is 1.23. The monoisotopic (exact) mass is 480 g/mol. The topological polar surface area (TPSA) is 94.2 Å². The van der Waals surface area contributed by atoms with E-state index in [4.69, 9.17) is 25.8 Å². The molecular formula is C22H25ClN2O6S. The number of benzene rings is 2. The second-order valence-corrected chi connectivity index (χ2v) is 9.98. The molecule has 2 heterocycles. The van der Waals surface area contributed by atoms with Gasteiger partial charge in [0.1, 0.15) is 5.75 Å². The van der Waals surface area contributed by atoms with E-state index in [1.807, 2.05) is 19.1 Å². The molecule has 1 atom stereocenters. The number of nitrogens with zero attached hydrogens (tertiary/aromatic N) is 1. The lowest BCUT2D eigenvalue weighted by molar-refractivity contribution is -0.126. The number of ether oxygens (including phenoxy) is 3. The van der Waals surface area contributed by atoms with Crippen LogP contribution in [0.4, 0.5) is 0 Å². The van der Waals surface area contributed by atoms with Gasteiger partial charge in [-0.1, -0.05) is 17.7 Å². The largest absolute Gasteiger partial charge is 0.492 e. The van der Waals surface area contributed by atoms with Crippen LogP contribution in [0.5, 0.6) is 17.2 Å². The van der Waals surface area contributed by atoms with Crippen LogP contribution in [0.25, 0.3) is 0 Å². The quantitative estimate of drug-likeness (QED) is 0.654. The summed E-state index contributed by atoms with van der Waals surface area (Å²) < 4.78 is 43.7. The zero-order chi connectivity index (χ0) is 22.7. The minimum absolute atomic E-state index is 0.0902. The molecule has 8 nitrogen and oxygen atoms in total. The first kappa shape index (κ1) is 22.7. The Balaban J connectivity index is 1.40. The summed E-state index contributed by atoms with van der Waals surface area (Å²) in [6, 6.07) is 9.93. The van der Waals surface area contributed by atoms with Crippen LogP contribution in [0.15, 0.2) is 41.3 Å². The van der Waals surface area contributed by atoms with Crippen LogP contribution >= 0.6 is 11.6 Å². The highest BCUT2D eigenvalue weighted by atomic mass is 35.5. The van der Waals surface area contributed by atoms with Crippen molar-refractivity contribution in [3.05, 3.63) is 47.0 Å². The summed E-state index contributed by atoms with van der Waals surface area (Å²) in [6.45, 7) is 3.26. The van der Waals surface area contributed by atoms with Gasteiger partial charge in [-0.3, -0.25) is 4.79 Å². The van der Waals surface area contributed by atoms with Crippen LogP contribution in [0.1, 0.15) is 25.3 Å². The Kier molecular flexibility index (Phi) is 6.78. The van der Waals surface area contributed by atoms with Gasteiger partial charge in [-0.05, 0) is 55.7 Å². The van der Waals surface area contributed by atoms with Crippen molar-refractivity contribution in [3.8, 4) is 17.2 Å². The molecule has 0 saturated carbocycles. The molecule has 1 N–H and O–H groups in total. The third kappa shape index (κ3) is 4.79. The van der Waals surface area contributed by atoms with Crippen molar-refractivity contribution in [2.24, 2.45) is 5.92 Å². The van der Waals surface area contributed by atoms with Gasteiger partial charge in [0, 0.05) is 19.6 Å². The number of carbonyl (C=O) groups excluding carboxylic acids is 1. The van der Waals surface area contributed by atoms with E-state index in [2.05, 4.69) is 5.32 Å². The van der Waals surface area contributed by atoms with E-state index in [1.165, 1.54) is 16.4 Å². The molecule has 0 radical (unpaired) electrons. The predicted molar refractivity (Wildman–Crippen MR) is 119 cm³/mol. The molecule has 10 heteroatoms. The predicted octanol–water partition coefficient (Wildman–Crippen LogP) is 3.18. The molecule has 0 bridgehead atoms. The maximum absolute atomic E-state index is 13.1. The molecule has 2 aliphatic heterocycles. The lowest BCUT2D eigenvalue weighted by Gasteiger charge is -2.31. The molecule has 1 saturated heterocycles. The number of amides is 1. The Morgan fingerprint density at radius 2 is 2.03 bits per heavy atom. The SMILES string of the molecule is CCOc1ccc(S(=O)(=O)N2CCC[C@H](C(=O)NCc3ccc4c(c3)OCO4)C2)cc1Cl. The fraction of sp³-hybridized carbons (Fsp3) is 0.409. The molecule has 172 valence electrons. The molecule has 4 rings (SSSR count). The fourth-order valence-electron chi connectivity index (χ4n) is 3.82. The first-order valence-corrected chi connectivity index (χ1v) is 12.3. The molecule has 2 aromatic carbocycles. The molecule has 1 amide bonds. The Labute approximate surface area is 192 Å². The summed E-state index contributed by atoms with van der Waals surface area (Å²) in [5.41, 5.74) is 0.881. The highest BCUT2D eigenvalue weighted by molar-refractivity contribution is 7.89. The van der Waals surface area contributed by atoms with Gasteiger partial charge in [0.05, 0.1) is 22.4 Å². The van der Waals surface area contributed by atoms with Crippen LogP contribution in [0.3, 0.4) is 0 Å². The van der Waals surface area contributed by atoms with Gasteiger partial charge in [0.2, 0.25) is 22.7 Å². The molecule has 2 aromatic rings. The van der Waals surface area contributed by atoms with E-state index < -0.39 is 15.9 Å². The summed E-state index contributed by atoms with van der Waals surface area (Å²) in [4.78, 5) is 12.8. The number of piperidine rings is 1. The Hall–Kier alpha value is -2.49. The van der Waals surface area contributed by atoms with Crippen LogP contribution < -0.4 is 19.5 Å². The van der Waals surface area contributed by atoms with Crippen molar-refractivity contribution in [2.75, 3.05) is 26.5 Å². The average Bonchev–Trinajstić information content (AvgIpc) is 3.27. The first-order valence-electron chi connectivity index (χ1n) is 10.5. The van der Waals surface area contributed by atoms with E-state index in [-0.39, 0.29) is 29.2 Å². The number of fused-ring (bicyclic) bond motifs is 1. The fourth-order valence-corrected chi connectivity index (χ4v) is 5.67. The molecule has 0 aliphatic carbocycles. The number of nitrogens with one attached hydrogen (secondary N) is 1. The molecular weight excluding hydrogens is 456 g/mol. The number of rotatable bonds is 7. The maximum Gasteiger partial charge on any atom is 0.243 e. The van der Waals surface area contributed by atoms with Crippen molar-refractivity contribution in [2.45, 2.75) is 31.2 Å². The van der Waals surface area contributed by atoms with Gasteiger partial charge < -0.3 is 19.5 Å².